The van der Waals surface area contributed by atoms with Crippen LogP contribution in [0.1, 0.15) is 63.0 Å². The molecule has 2 heterocycles. The largest absolute Gasteiger partial charge is 0.460 e. The number of benzene rings is 2. The minimum atomic E-state index is -1.11. The fourth-order valence-corrected chi connectivity index (χ4v) is 4.64. The summed E-state index contributed by atoms with van der Waals surface area (Å²) in [6.45, 7) is 9.44. The van der Waals surface area contributed by atoms with Gasteiger partial charge in [0.2, 0.25) is 0 Å². The summed E-state index contributed by atoms with van der Waals surface area (Å²) in [5.41, 5.74) is 6.24. The molecule has 42 heavy (non-hydrogen) atoms. The van der Waals surface area contributed by atoms with E-state index in [2.05, 4.69) is 20.7 Å². The van der Waals surface area contributed by atoms with Gasteiger partial charge in [0.25, 0.3) is 5.91 Å². The van der Waals surface area contributed by atoms with Gasteiger partial charge in [0, 0.05) is 11.9 Å². The number of esters is 1. The standard InChI is InChI=1S/C30H33F3N6O3/c1-6-39-24-9-7-8-23(19(24)15-35-39)36-28-18(27(34)41)14-22(33)29(38-28)37-26(17-10-11-20(31)21(32)13-17)16(2)12-25(40)42-30(3,4)5/h7-11,13-16,26H,6,12H2,1-5H3,(H2,34,41)(H2,36,37,38)/t16-,26+/m1/s1. The van der Waals surface area contributed by atoms with Crippen LogP contribution in [-0.4, -0.2) is 32.2 Å². The molecular weight excluding hydrogens is 549 g/mol. The number of anilines is 3. The first-order valence-corrected chi connectivity index (χ1v) is 13.4. The van der Waals surface area contributed by atoms with Crippen molar-refractivity contribution in [2.75, 3.05) is 10.6 Å². The number of nitrogens with two attached hydrogens (primary N) is 1. The number of amides is 1. The Morgan fingerprint density at radius 1 is 1.05 bits per heavy atom. The molecule has 0 saturated carbocycles. The van der Waals surface area contributed by atoms with Crippen molar-refractivity contribution in [1.29, 1.82) is 0 Å². The van der Waals surface area contributed by atoms with Crippen LogP contribution in [0, 0.1) is 23.4 Å². The molecule has 0 aliphatic heterocycles. The van der Waals surface area contributed by atoms with Gasteiger partial charge in [0.05, 0.1) is 35.4 Å². The summed E-state index contributed by atoms with van der Waals surface area (Å²) in [5.74, 6) is -5.44. The second-order valence-corrected chi connectivity index (χ2v) is 11.0. The average Bonchev–Trinajstić information content (AvgIpc) is 3.33. The van der Waals surface area contributed by atoms with E-state index in [1.54, 1.807) is 50.7 Å². The molecule has 4 aromatic rings. The predicted octanol–water partition coefficient (Wildman–Crippen LogP) is 6.23. The van der Waals surface area contributed by atoms with Gasteiger partial charge in [-0.3, -0.25) is 14.3 Å². The Balaban J connectivity index is 1.74. The molecule has 1 amide bonds. The van der Waals surface area contributed by atoms with Gasteiger partial charge in [-0.2, -0.15) is 5.10 Å². The fraction of sp³-hybridized carbons (Fsp3) is 0.333. The van der Waals surface area contributed by atoms with Crippen LogP contribution in [0.3, 0.4) is 0 Å². The van der Waals surface area contributed by atoms with Crippen LogP contribution < -0.4 is 16.4 Å². The number of primary amides is 1. The topological polar surface area (TPSA) is 124 Å². The molecule has 12 heteroatoms. The van der Waals surface area contributed by atoms with E-state index in [4.69, 9.17) is 10.5 Å². The molecule has 2 aromatic heterocycles. The summed E-state index contributed by atoms with van der Waals surface area (Å²) in [7, 11) is 0. The van der Waals surface area contributed by atoms with Crippen molar-refractivity contribution < 1.29 is 27.5 Å². The first-order valence-electron chi connectivity index (χ1n) is 13.4. The molecule has 0 aliphatic carbocycles. The Kier molecular flexibility index (Phi) is 8.74. The maximum Gasteiger partial charge on any atom is 0.306 e. The van der Waals surface area contributed by atoms with Crippen molar-refractivity contribution >= 4 is 40.1 Å². The molecule has 222 valence electrons. The SMILES string of the molecule is CCn1ncc2c(Nc3nc(N[C@H](c4ccc(F)c(F)c4)[C@H](C)CC(=O)OC(C)(C)C)c(F)cc3C(N)=O)cccc21. The second kappa shape index (κ2) is 12.1. The molecule has 0 bridgehead atoms. The number of ether oxygens (including phenoxy) is 1. The van der Waals surface area contributed by atoms with Crippen LogP contribution in [-0.2, 0) is 16.1 Å². The predicted molar refractivity (Wildman–Crippen MR) is 154 cm³/mol. The van der Waals surface area contributed by atoms with Crippen molar-refractivity contribution in [1.82, 2.24) is 14.8 Å². The van der Waals surface area contributed by atoms with Crippen LogP contribution in [0.25, 0.3) is 10.9 Å². The Bertz CT molecular complexity index is 1630. The Hall–Kier alpha value is -4.61. The van der Waals surface area contributed by atoms with Gasteiger partial charge >= 0.3 is 5.97 Å². The summed E-state index contributed by atoms with van der Waals surface area (Å²) in [4.78, 5) is 29.2. The van der Waals surface area contributed by atoms with E-state index in [9.17, 15) is 18.4 Å². The zero-order chi connectivity index (χ0) is 30.8. The zero-order valence-corrected chi connectivity index (χ0v) is 24.0. The first-order chi connectivity index (χ1) is 19.8. The summed E-state index contributed by atoms with van der Waals surface area (Å²) in [6, 6.07) is 8.72. The zero-order valence-electron chi connectivity index (χ0n) is 24.0. The van der Waals surface area contributed by atoms with Gasteiger partial charge in [0.1, 0.15) is 11.4 Å². The lowest BCUT2D eigenvalue weighted by Gasteiger charge is -2.28. The van der Waals surface area contributed by atoms with Crippen LogP contribution >= 0.6 is 0 Å². The summed E-state index contributed by atoms with van der Waals surface area (Å²) in [6.07, 6.45) is 1.54. The number of nitrogens with zero attached hydrogens (tertiary/aromatic N) is 3. The second-order valence-electron chi connectivity index (χ2n) is 11.0. The molecule has 0 radical (unpaired) electrons. The summed E-state index contributed by atoms with van der Waals surface area (Å²) in [5, 5.41) is 11.1. The van der Waals surface area contributed by atoms with E-state index in [1.165, 1.54) is 6.07 Å². The molecule has 0 aliphatic rings. The van der Waals surface area contributed by atoms with Crippen LogP contribution in [0.5, 0.6) is 0 Å². The van der Waals surface area contributed by atoms with Gasteiger partial charge in [-0.15, -0.1) is 0 Å². The van der Waals surface area contributed by atoms with Gasteiger partial charge in [0.15, 0.2) is 23.3 Å². The molecule has 2 atom stereocenters. The molecule has 0 saturated heterocycles. The van der Waals surface area contributed by atoms with Crippen molar-refractivity contribution in [3.63, 3.8) is 0 Å². The Morgan fingerprint density at radius 2 is 1.79 bits per heavy atom. The highest BCUT2D eigenvalue weighted by molar-refractivity contribution is 6.00. The van der Waals surface area contributed by atoms with Crippen molar-refractivity contribution in [2.45, 2.75) is 59.2 Å². The minimum absolute atomic E-state index is 0.0352. The fourth-order valence-electron chi connectivity index (χ4n) is 4.64. The molecule has 2 aromatic carbocycles. The molecule has 4 N–H and O–H groups in total. The third-order valence-electron chi connectivity index (χ3n) is 6.55. The molecule has 0 spiro atoms. The number of rotatable bonds is 10. The number of hydrogen-bond acceptors (Lipinski definition) is 7. The maximum atomic E-state index is 15.4. The normalized spacial score (nSPS) is 13.0. The van der Waals surface area contributed by atoms with Crippen molar-refractivity contribution in [3.8, 4) is 0 Å². The number of carbonyl (C=O) groups is 2. The highest BCUT2D eigenvalue weighted by Crippen LogP contribution is 2.34. The number of carbonyl (C=O) groups excluding carboxylic acids is 2. The average molecular weight is 583 g/mol. The van der Waals surface area contributed by atoms with E-state index >= 15 is 4.39 Å². The smallest absolute Gasteiger partial charge is 0.306 e. The number of nitrogens with one attached hydrogen (secondary N) is 2. The summed E-state index contributed by atoms with van der Waals surface area (Å²) < 4.78 is 50.6. The van der Waals surface area contributed by atoms with E-state index < -0.39 is 46.9 Å². The van der Waals surface area contributed by atoms with E-state index in [-0.39, 0.29) is 29.2 Å². The Labute approximate surface area is 241 Å². The number of pyridine rings is 1. The minimum Gasteiger partial charge on any atom is -0.460 e. The lowest BCUT2D eigenvalue weighted by atomic mass is 9.91. The molecular formula is C30H33F3N6O3. The lowest BCUT2D eigenvalue weighted by Crippen LogP contribution is -2.28. The molecule has 4 rings (SSSR count). The van der Waals surface area contributed by atoms with Gasteiger partial charge in [-0.05, 0) is 69.5 Å². The number of aryl methyl sites for hydroxylation is 1. The van der Waals surface area contributed by atoms with Gasteiger partial charge in [-0.1, -0.05) is 19.1 Å². The number of aromatic nitrogens is 3. The van der Waals surface area contributed by atoms with Crippen LogP contribution in [0.15, 0.2) is 48.7 Å². The maximum absolute atomic E-state index is 15.4. The monoisotopic (exact) mass is 582 g/mol. The first kappa shape index (κ1) is 30.4. The molecule has 0 fully saturated rings. The summed E-state index contributed by atoms with van der Waals surface area (Å²) >= 11 is 0. The molecule has 9 nitrogen and oxygen atoms in total. The lowest BCUT2D eigenvalue weighted by molar-refractivity contribution is -0.155. The van der Waals surface area contributed by atoms with Gasteiger partial charge in [-0.25, -0.2) is 18.2 Å². The highest BCUT2D eigenvalue weighted by Gasteiger charge is 2.28. The van der Waals surface area contributed by atoms with Crippen LogP contribution in [0.2, 0.25) is 0 Å². The third kappa shape index (κ3) is 6.81. The van der Waals surface area contributed by atoms with Crippen molar-refractivity contribution in [3.05, 3.63) is 77.2 Å². The third-order valence-corrected chi connectivity index (χ3v) is 6.55. The number of halogens is 3. The van der Waals surface area contributed by atoms with Gasteiger partial charge < -0.3 is 21.1 Å². The molecule has 0 unspecified atom stereocenters. The van der Waals surface area contributed by atoms with Crippen LogP contribution in [0.4, 0.5) is 30.5 Å². The number of fused-ring (bicyclic) bond motifs is 1. The highest BCUT2D eigenvalue weighted by atomic mass is 19.2. The number of hydrogen-bond donors (Lipinski definition) is 3. The quantitative estimate of drug-likeness (QED) is 0.189. The van der Waals surface area contributed by atoms with E-state index in [0.717, 1.165) is 29.1 Å². The van der Waals surface area contributed by atoms with Crippen molar-refractivity contribution in [2.24, 2.45) is 11.7 Å². The van der Waals surface area contributed by atoms with E-state index in [1.807, 2.05) is 13.0 Å². The Morgan fingerprint density at radius 3 is 2.43 bits per heavy atom. The van der Waals surface area contributed by atoms with E-state index in [0.29, 0.717) is 12.2 Å².